The van der Waals surface area contributed by atoms with Gasteiger partial charge in [0.1, 0.15) is 11.5 Å². The van der Waals surface area contributed by atoms with Gasteiger partial charge >= 0.3 is 0 Å². The molecule has 0 spiro atoms. The van der Waals surface area contributed by atoms with E-state index in [1.807, 2.05) is 20.8 Å². The zero-order valence-corrected chi connectivity index (χ0v) is 17.2. The Hall–Kier alpha value is -1.18. The van der Waals surface area contributed by atoms with E-state index in [2.05, 4.69) is 54.6 Å². The van der Waals surface area contributed by atoms with Gasteiger partial charge in [-0.05, 0) is 36.1 Å². The van der Waals surface area contributed by atoms with Crippen molar-refractivity contribution in [3.8, 4) is 22.5 Å². The Kier molecular flexibility index (Phi) is 7.44. The van der Waals surface area contributed by atoms with E-state index in [-0.39, 0.29) is 40.1 Å². The van der Waals surface area contributed by atoms with Gasteiger partial charge in [0.25, 0.3) is 0 Å². The molecule has 3 aromatic rings. The molecule has 0 amide bonds. The van der Waals surface area contributed by atoms with Crippen molar-refractivity contribution in [1.29, 1.82) is 0 Å². The van der Waals surface area contributed by atoms with Crippen LogP contribution in [0.15, 0.2) is 59.0 Å². The second-order valence-corrected chi connectivity index (χ2v) is 5.09. The molecule has 117 valence electrons. The van der Waals surface area contributed by atoms with Crippen LogP contribution in [0.2, 0.25) is 0 Å². The third-order valence-electron chi connectivity index (χ3n) is 3.81. The number of fused-ring (bicyclic) bond motifs is 5. The first-order valence-corrected chi connectivity index (χ1v) is 7.60. The standard InChI is InChI=1S/C18H14O.C2H6.CH3.Y/c1-12-10-17-15-8-4-2-6-13(15)11-14-7-3-5-9-16(14)18(17)19-12;1-2;;/h2-10H,11H2,1H3;1-2H3;1H3;/q;;-1;. The maximum Gasteiger partial charge on any atom is 0.142 e. The predicted octanol–water partition coefficient (Wildman–Crippen LogP) is 6.30. The number of furan rings is 1. The summed E-state index contributed by atoms with van der Waals surface area (Å²) >= 11 is 0. The Morgan fingerprint density at radius 2 is 1.30 bits per heavy atom. The van der Waals surface area contributed by atoms with Gasteiger partial charge in [-0.1, -0.05) is 62.4 Å². The van der Waals surface area contributed by atoms with Crippen molar-refractivity contribution in [1.82, 2.24) is 0 Å². The van der Waals surface area contributed by atoms with Gasteiger partial charge in [-0.15, -0.1) is 0 Å². The summed E-state index contributed by atoms with van der Waals surface area (Å²) in [6, 6.07) is 19.3. The topological polar surface area (TPSA) is 13.1 Å². The quantitative estimate of drug-likeness (QED) is 0.326. The molecule has 2 aromatic carbocycles. The zero-order valence-electron chi connectivity index (χ0n) is 14.4. The van der Waals surface area contributed by atoms with E-state index in [1.165, 1.54) is 27.8 Å². The maximum atomic E-state index is 5.97. The van der Waals surface area contributed by atoms with Crippen molar-refractivity contribution in [2.24, 2.45) is 0 Å². The summed E-state index contributed by atoms with van der Waals surface area (Å²) in [6.07, 6.45) is 0.968. The molecule has 2 heteroatoms. The summed E-state index contributed by atoms with van der Waals surface area (Å²) in [6.45, 7) is 6.01. The Morgan fingerprint density at radius 3 is 1.96 bits per heavy atom. The van der Waals surface area contributed by atoms with Crippen LogP contribution < -0.4 is 0 Å². The van der Waals surface area contributed by atoms with Gasteiger partial charge in [-0.25, -0.2) is 0 Å². The molecule has 0 saturated carbocycles. The summed E-state index contributed by atoms with van der Waals surface area (Å²) in [4.78, 5) is 0. The van der Waals surface area contributed by atoms with Gasteiger partial charge in [0.05, 0.1) is 0 Å². The van der Waals surface area contributed by atoms with Gasteiger partial charge in [-0.3, -0.25) is 0 Å². The first kappa shape index (κ1) is 19.9. The first-order valence-electron chi connectivity index (χ1n) is 7.60. The van der Waals surface area contributed by atoms with Gasteiger partial charge in [0.2, 0.25) is 0 Å². The summed E-state index contributed by atoms with van der Waals surface area (Å²) in [7, 11) is 0. The van der Waals surface area contributed by atoms with Crippen LogP contribution in [0, 0.1) is 14.4 Å². The van der Waals surface area contributed by atoms with E-state index in [1.54, 1.807) is 0 Å². The molecular weight excluding hydrogens is 357 g/mol. The first-order chi connectivity index (χ1) is 10.3. The fourth-order valence-corrected chi connectivity index (χ4v) is 2.95. The molecule has 1 nitrogen and oxygen atoms in total. The number of hydrogen-bond acceptors (Lipinski definition) is 1. The molecule has 1 aliphatic carbocycles. The second kappa shape index (κ2) is 8.61. The van der Waals surface area contributed by atoms with Crippen LogP contribution in [0.3, 0.4) is 0 Å². The third-order valence-corrected chi connectivity index (χ3v) is 3.81. The van der Waals surface area contributed by atoms with E-state index in [9.17, 15) is 0 Å². The van der Waals surface area contributed by atoms with E-state index in [0.717, 1.165) is 17.9 Å². The predicted molar refractivity (Wildman–Crippen MR) is 94.9 cm³/mol. The van der Waals surface area contributed by atoms with E-state index in [4.69, 9.17) is 4.42 Å². The molecule has 1 heterocycles. The number of hydrogen-bond donors (Lipinski definition) is 0. The van der Waals surface area contributed by atoms with Crippen molar-refractivity contribution in [2.75, 3.05) is 0 Å². The largest absolute Gasteiger partial charge is 0.461 e. The molecule has 1 radical (unpaired) electrons. The van der Waals surface area contributed by atoms with Crippen molar-refractivity contribution >= 4 is 0 Å². The normalized spacial score (nSPS) is 10.4. The summed E-state index contributed by atoms with van der Waals surface area (Å²) in [5.74, 6) is 1.98. The van der Waals surface area contributed by atoms with E-state index < -0.39 is 0 Å². The fraction of sp³-hybridized carbons (Fsp3) is 0.190. The van der Waals surface area contributed by atoms with Crippen LogP contribution in [0.5, 0.6) is 0 Å². The van der Waals surface area contributed by atoms with Crippen molar-refractivity contribution in [2.45, 2.75) is 27.2 Å². The van der Waals surface area contributed by atoms with Gasteiger partial charge in [-0.2, -0.15) is 0 Å². The average Bonchev–Trinajstić information content (AvgIpc) is 2.86. The van der Waals surface area contributed by atoms with Crippen LogP contribution in [0.4, 0.5) is 0 Å². The van der Waals surface area contributed by atoms with Crippen LogP contribution in [-0.2, 0) is 39.1 Å². The number of benzene rings is 2. The number of aryl methyl sites for hydroxylation is 1. The maximum absolute atomic E-state index is 5.97. The van der Waals surface area contributed by atoms with Crippen molar-refractivity contribution < 1.29 is 37.1 Å². The molecule has 0 atom stereocenters. The van der Waals surface area contributed by atoms with Gasteiger partial charge < -0.3 is 11.8 Å². The molecule has 0 aliphatic heterocycles. The Labute approximate surface area is 165 Å². The minimum atomic E-state index is 0. The monoisotopic (exact) mass is 380 g/mol. The Bertz CT molecular complexity index is 708. The van der Waals surface area contributed by atoms with E-state index >= 15 is 0 Å². The smallest absolute Gasteiger partial charge is 0.142 e. The molecule has 4 rings (SSSR count). The summed E-state index contributed by atoms with van der Waals surface area (Å²) < 4.78 is 5.97. The van der Waals surface area contributed by atoms with Crippen LogP contribution in [0.1, 0.15) is 30.7 Å². The molecule has 0 bridgehead atoms. The van der Waals surface area contributed by atoms with Crippen molar-refractivity contribution in [3.63, 3.8) is 0 Å². The Morgan fingerprint density at radius 1 is 0.783 bits per heavy atom. The molecule has 1 aliphatic rings. The molecule has 0 fully saturated rings. The third kappa shape index (κ3) is 3.67. The molecule has 0 unspecified atom stereocenters. The fourth-order valence-electron chi connectivity index (χ4n) is 2.95. The van der Waals surface area contributed by atoms with Crippen LogP contribution in [-0.4, -0.2) is 0 Å². The SMILES string of the molecule is CC.Cc1cc2c(o1)-c1ccccc1Cc1ccccc1-2.[CH3-].[Y]. The molecule has 23 heavy (non-hydrogen) atoms. The second-order valence-electron chi connectivity index (χ2n) is 5.09. The minimum Gasteiger partial charge on any atom is -0.461 e. The minimum absolute atomic E-state index is 0. The summed E-state index contributed by atoms with van der Waals surface area (Å²) in [5, 5.41) is 0. The van der Waals surface area contributed by atoms with Crippen LogP contribution in [0.25, 0.3) is 22.5 Å². The zero-order chi connectivity index (χ0) is 14.8. The summed E-state index contributed by atoms with van der Waals surface area (Å²) in [5.41, 5.74) is 6.45. The average molecular weight is 380 g/mol. The number of rotatable bonds is 0. The van der Waals surface area contributed by atoms with Gasteiger partial charge in [0, 0.05) is 43.8 Å². The van der Waals surface area contributed by atoms with Crippen LogP contribution >= 0.6 is 0 Å². The van der Waals surface area contributed by atoms with Crippen molar-refractivity contribution in [3.05, 3.63) is 78.9 Å². The molecule has 0 N–H and O–H groups in total. The molecular formula is C21H23OY-. The Balaban J connectivity index is 0.000000638. The molecule has 1 aromatic heterocycles. The van der Waals surface area contributed by atoms with E-state index in [0.29, 0.717) is 0 Å². The molecule has 0 saturated heterocycles. The van der Waals surface area contributed by atoms with Gasteiger partial charge in [0.15, 0.2) is 0 Å².